The first-order valence-electron chi connectivity index (χ1n) is 7.68. The molecule has 1 aromatic heterocycles. The number of hydrogen-bond acceptors (Lipinski definition) is 4. The summed E-state index contributed by atoms with van der Waals surface area (Å²) in [4.78, 5) is 11.9. The van der Waals surface area contributed by atoms with Gasteiger partial charge in [0.05, 0.1) is 6.54 Å². The zero-order valence-corrected chi connectivity index (χ0v) is 13.8. The number of nitrogens with one attached hydrogen (secondary N) is 1. The zero-order chi connectivity index (χ0) is 16.7. The van der Waals surface area contributed by atoms with E-state index in [0.717, 1.165) is 5.75 Å². The minimum absolute atomic E-state index is 0.258. The highest BCUT2D eigenvalue weighted by Crippen LogP contribution is 2.18. The van der Waals surface area contributed by atoms with E-state index < -0.39 is 0 Å². The Bertz CT molecular complexity index is 616. The highest BCUT2D eigenvalue weighted by atomic mass is 16.5. The maximum absolute atomic E-state index is 11.9. The first-order chi connectivity index (χ1) is 11.1. The zero-order valence-electron chi connectivity index (χ0n) is 13.8. The van der Waals surface area contributed by atoms with Crippen LogP contribution in [0.3, 0.4) is 0 Å². The molecule has 1 N–H and O–H groups in total. The van der Waals surface area contributed by atoms with Crippen LogP contribution in [0.25, 0.3) is 0 Å². The number of benzene rings is 1. The Morgan fingerprint density at radius 1 is 1.17 bits per heavy atom. The average molecular weight is 317 g/mol. The van der Waals surface area contributed by atoms with Gasteiger partial charge in [0.15, 0.2) is 5.76 Å². The Kier molecular flexibility index (Phi) is 6.23. The molecule has 23 heavy (non-hydrogen) atoms. The summed E-state index contributed by atoms with van der Waals surface area (Å²) in [6, 6.07) is 11.4. The Hall–Kier alpha value is -2.27. The van der Waals surface area contributed by atoms with Gasteiger partial charge in [-0.05, 0) is 35.7 Å². The van der Waals surface area contributed by atoms with Crippen LogP contribution in [0.2, 0.25) is 0 Å². The second-order valence-corrected chi connectivity index (χ2v) is 5.53. The number of hydrogen-bond donors (Lipinski definition) is 1. The predicted octanol–water partition coefficient (Wildman–Crippen LogP) is 3.36. The summed E-state index contributed by atoms with van der Waals surface area (Å²) in [5, 5.41) is 2.76. The molecule has 0 fully saturated rings. The van der Waals surface area contributed by atoms with Crippen LogP contribution in [0, 0.1) is 0 Å². The third kappa shape index (κ3) is 5.14. The maximum atomic E-state index is 11.9. The molecule has 0 saturated heterocycles. The van der Waals surface area contributed by atoms with Crippen molar-refractivity contribution in [1.82, 2.24) is 5.32 Å². The molecule has 0 aliphatic rings. The van der Waals surface area contributed by atoms with Crippen LogP contribution >= 0.6 is 0 Å². The Labute approximate surface area is 136 Å². The van der Waals surface area contributed by atoms with Gasteiger partial charge in [-0.1, -0.05) is 26.0 Å². The van der Waals surface area contributed by atoms with Gasteiger partial charge in [-0.3, -0.25) is 4.79 Å². The molecule has 1 heterocycles. The quantitative estimate of drug-likeness (QED) is 0.758. The van der Waals surface area contributed by atoms with Crippen molar-refractivity contribution in [3.63, 3.8) is 0 Å². The summed E-state index contributed by atoms with van der Waals surface area (Å²) in [5.74, 6) is 1.94. The van der Waals surface area contributed by atoms with Gasteiger partial charge in [0.25, 0.3) is 5.91 Å². The molecule has 0 saturated carbocycles. The number of rotatable bonds is 8. The van der Waals surface area contributed by atoms with Crippen molar-refractivity contribution in [3.05, 3.63) is 53.5 Å². The SMILES string of the molecule is COCc1ccc(C(=O)NCCOc2ccc(C(C)C)cc2)o1. The highest BCUT2D eigenvalue weighted by molar-refractivity contribution is 5.91. The molecule has 1 aromatic carbocycles. The van der Waals surface area contributed by atoms with Gasteiger partial charge in [0.1, 0.15) is 24.7 Å². The Balaban J connectivity index is 1.72. The number of methoxy groups -OCH3 is 1. The first-order valence-corrected chi connectivity index (χ1v) is 7.68. The van der Waals surface area contributed by atoms with Crippen LogP contribution in [-0.4, -0.2) is 26.2 Å². The molecule has 0 aliphatic carbocycles. The first kappa shape index (κ1) is 17.1. The average Bonchev–Trinajstić information content (AvgIpc) is 3.01. The van der Waals surface area contributed by atoms with Gasteiger partial charge in [-0.2, -0.15) is 0 Å². The Morgan fingerprint density at radius 3 is 2.57 bits per heavy atom. The van der Waals surface area contributed by atoms with Crippen LogP contribution in [0.4, 0.5) is 0 Å². The van der Waals surface area contributed by atoms with E-state index in [1.54, 1.807) is 19.2 Å². The van der Waals surface area contributed by atoms with Gasteiger partial charge >= 0.3 is 0 Å². The van der Waals surface area contributed by atoms with Crippen LogP contribution < -0.4 is 10.1 Å². The fraction of sp³-hybridized carbons (Fsp3) is 0.389. The van der Waals surface area contributed by atoms with E-state index in [2.05, 4.69) is 31.3 Å². The van der Waals surface area contributed by atoms with Gasteiger partial charge in [-0.25, -0.2) is 0 Å². The third-order valence-electron chi connectivity index (χ3n) is 3.38. The summed E-state index contributed by atoms with van der Waals surface area (Å²) < 4.78 is 15.9. The van der Waals surface area contributed by atoms with E-state index in [0.29, 0.717) is 31.4 Å². The Morgan fingerprint density at radius 2 is 1.91 bits per heavy atom. The molecular weight excluding hydrogens is 294 g/mol. The third-order valence-corrected chi connectivity index (χ3v) is 3.38. The van der Waals surface area contributed by atoms with Crippen molar-refractivity contribution in [2.24, 2.45) is 0 Å². The molecule has 2 aromatic rings. The summed E-state index contributed by atoms with van der Waals surface area (Å²) in [6.45, 7) is 5.46. The van der Waals surface area contributed by atoms with Gasteiger partial charge in [0, 0.05) is 7.11 Å². The fourth-order valence-electron chi connectivity index (χ4n) is 2.09. The van der Waals surface area contributed by atoms with Gasteiger partial charge in [-0.15, -0.1) is 0 Å². The molecule has 0 unspecified atom stereocenters. The molecular formula is C18H23NO4. The fourth-order valence-corrected chi connectivity index (χ4v) is 2.09. The molecule has 0 bridgehead atoms. The minimum Gasteiger partial charge on any atom is -0.492 e. The molecule has 2 rings (SSSR count). The second kappa shape index (κ2) is 8.39. The predicted molar refractivity (Wildman–Crippen MR) is 87.8 cm³/mol. The number of ether oxygens (including phenoxy) is 2. The standard InChI is InChI=1S/C18H23NO4/c1-13(2)14-4-6-15(7-5-14)22-11-10-19-18(20)17-9-8-16(23-17)12-21-3/h4-9,13H,10-12H2,1-3H3,(H,19,20). The van der Waals surface area contributed by atoms with Crippen LogP contribution in [0.1, 0.15) is 41.6 Å². The van der Waals surface area contributed by atoms with Crippen molar-refractivity contribution in [2.45, 2.75) is 26.4 Å². The number of amides is 1. The number of carbonyl (C=O) groups is 1. The lowest BCUT2D eigenvalue weighted by molar-refractivity contribution is 0.0910. The van der Waals surface area contributed by atoms with E-state index in [1.165, 1.54) is 5.56 Å². The van der Waals surface area contributed by atoms with E-state index in [9.17, 15) is 4.79 Å². The molecule has 5 heteroatoms. The molecule has 1 amide bonds. The topological polar surface area (TPSA) is 60.7 Å². The molecule has 0 aliphatic heterocycles. The van der Waals surface area contributed by atoms with Gasteiger partial charge < -0.3 is 19.2 Å². The largest absolute Gasteiger partial charge is 0.492 e. The molecule has 0 radical (unpaired) electrons. The summed E-state index contributed by atoms with van der Waals surface area (Å²) >= 11 is 0. The van der Waals surface area contributed by atoms with Crippen molar-refractivity contribution >= 4 is 5.91 Å². The van der Waals surface area contributed by atoms with E-state index in [1.807, 2.05) is 12.1 Å². The highest BCUT2D eigenvalue weighted by Gasteiger charge is 2.10. The van der Waals surface area contributed by atoms with E-state index in [4.69, 9.17) is 13.9 Å². The van der Waals surface area contributed by atoms with Crippen molar-refractivity contribution < 1.29 is 18.7 Å². The number of furan rings is 1. The van der Waals surface area contributed by atoms with E-state index in [-0.39, 0.29) is 11.7 Å². The molecule has 5 nitrogen and oxygen atoms in total. The van der Waals surface area contributed by atoms with Crippen molar-refractivity contribution in [2.75, 3.05) is 20.3 Å². The number of carbonyl (C=O) groups excluding carboxylic acids is 1. The lowest BCUT2D eigenvalue weighted by Gasteiger charge is -2.09. The summed E-state index contributed by atoms with van der Waals surface area (Å²) in [6.07, 6.45) is 0. The van der Waals surface area contributed by atoms with Crippen LogP contribution in [0.5, 0.6) is 5.75 Å². The normalized spacial score (nSPS) is 10.8. The molecule has 0 spiro atoms. The smallest absolute Gasteiger partial charge is 0.287 e. The van der Waals surface area contributed by atoms with Crippen LogP contribution in [-0.2, 0) is 11.3 Å². The van der Waals surface area contributed by atoms with Crippen molar-refractivity contribution in [1.29, 1.82) is 0 Å². The summed E-state index contributed by atoms with van der Waals surface area (Å²) in [5.41, 5.74) is 1.27. The lowest BCUT2D eigenvalue weighted by Crippen LogP contribution is -2.27. The molecule has 0 atom stereocenters. The second-order valence-electron chi connectivity index (χ2n) is 5.53. The summed E-state index contributed by atoms with van der Waals surface area (Å²) in [7, 11) is 1.58. The molecule has 124 valence electrons. The van der Waals surface area contributed by atoms with E-state index >= 15 is 0 Å². The van der Waals surface area contributed by atoms with Crippen molar-refractivity contribution in [3.8, 4) is 5.75 Å². The van der Waals surface area contributed by atoms with Gasteiger partial charge in [0.2, 0.25) is 0 Å². The van der Waals surface area contributed by atoms with Crippen LogP contribution in [0.15, 0.2) is 40.8 Å². The lowest BCUT2D eigenvalue weighted by atomic mass is 10.0. The monoisotopic (exact) mass is 317 g/mol. The maximum Gasteiger partial charge on any atom is 0.287 e. The minimum atomic E-state index is -0.258.